The quantitative estimate of drug-likeness (QED) is 0.328. The Kier molecular flexibility index (Phi) is 5.16. The van der Waals surface area contributed by atoms with E-state index in [2.05, 4.69) is 4.98 Å². The number of fused-ring (bicyclic) bond motifs is 1. The fourth-order valence-corrected chi connectivity index (χ4v) is 3.50. The molecule has 1 heterocycles. The van der Waals surface area contributed by atoms with Gasteiger partial charge in [0.2, 0.25) is 0 Å². The summed E-state index contributed by atoms with van der Waals surface area (Å²) in [6.07, 6.45) is 3.38. The molecule has 148 valence electrons. The molecule has 0 saturated carbocycles. The van der Waals surface area contributed by atoms with Crippen molar-refractivity contribution in [1.29, 1.82) is 0 Å². The molecule has 7 heteroatoms. The Morgan fingerprint density at radius 3 is 2.60 bits per heavy atom. The highest BCUT2D eigenvalue weighted by molar-refractivity contribution is 6.30. The molecule has 4 rings (SSSR count). The molecule has 0 radical (unpaired) electrons. The first kappa shape index (κ1) is 19.5. The zero-order valence-electron chi connectivity index (χ0n) is 15.9. The minimum atomic E-state index is -0.446. The number of halogens is 1. The van der Waals surface area contributed by atoms with Crippen molar-refractivity contribution < 1.29 is 4.92 Å². The fourth-order valence-electron chi connectivity index (χ4n) is 3.28. The molecule has 6 nitrogen and oxygen atoms in total. The van der Waals surface area contributed by atoms with E-state index in [1.807, 2.05) is 13.0 Å². The van der Waals surface area contributed by atoms with Crippen LogP contribution in [0.5, 0.6) is 0 Å². The minimum absolute atomic E-state index is 0.00504. The first-order valence-corrected chi connectivity index (χ1v) is 9.53. The van der Waals surface area contributed by atoms with Gasteiger partial charge in [-0.05, 0) is 54.5 Å². The van der Waals surface area contributed by atoms with Gasteiger partial charge >= 0.3 is 0 Å². The summed E-state index contributed by atoms with van der Waals surface area (Å²) in [6, 6.07) is 18.7. The Morgan fingerprint density at radius 1 is 1.03 bits per heavy atom. The van der Waals surface area contributed by atoms with E-state index in [4.69, 9.17) is 11.6 Å². The molecular formula is C23H16ClN3O3. The van der Waals surface area contributed by atoms with E-state index in [-0.39, 0.29) is 11.2 Å². The summed E-state index contributed by atoms with van der Waals surface area (Å²) in [4.78, 5) is 28.6. The van der Waals surface area contributed by atoms with Gasteiger partial charge in [-0.15, -0.1) is 0 Å². The van der Waals surface area contributed by atoms with Gasteiger partial charge in [-0.25, -0.2) is 4.98 Å². The van der Waals surface area contributed by atoms with Gasteiger partial charge in [0.15, 0.2) is 0 Å². The normalized spacial score (nSPS) is 11.3. The van der Waals surface area contributed by atoms with Crippen LogP contribution in [0.3, 0.4) is 0 Å². The van der Waals surface area contributed by atoms with Crippen LogP contribution in [0.25, 0.3) is 28.7 Å². The lowest BCUT2D eigenvalue weighted by atomic mass is 10.1. The number of rotatable bonds is 4. The molecule has 0 spiro atoms. The van der Waals surface area contributed by atoms with Crippen LogP contribution in [0.15, 0.2) is 71.5 Å². The van der Waals surface area contributed by atoms with Gasteiger partial charge in [-0.3, -0.25) is 19.5 Å². The molecule has 0 N–H and O–H groups in total. The molecule has 1 aromatic heterocycles. The van der Waals surface area contributed by atoms with E-state index < -0.39 is 4.92 Å². The second-order valence-corrected chi connectivity index (χ2v) is 7.18. The molecule has 30 heavy (non-hydrogen) atoms. The minimum Gasteiger partial charge on any atom is -0.268 e. The lowest BCUT2D eigenvalue weighted by molar-refractivity contribution is -0.384. The molecular weight excluding hydrogens is 402 g/mol. The highest BCUT2D eigenvalue weighted by atomic mass is 35.5. The Hall–Kier alpha value is -3.77. The second kappa shape index (κ2) is 7.93. The van der Waals surface area contributed by atoms with Crippen LogP contribution < -0.4 is 5.56 Å². The molecule has 0 amide bonds. The molecule has 0 bridgehead atoms. The second-order valence-electron chi connectivity index (χ2n) is 6.74. The molecule has 0 unspecified atom stereocenters. The number of benzene rings is 3. The highest BCUT2D eigenvalue weighted by Gasteiger charge is 2.13. The molecule has 0 saturated heterocycles. The van der Waals surface area contributed by atoms with Crippen molar-refractivity contribution in [2.75, 3.05) is 0 Å². The van der Waals surface area contributed by atoms with E-state index in [1.54, 1.807) is 60.7 Å². The summed E-state index contributed by atoms with van der Waals surface area (Å²) < 4.78 is 1.53. The molecule has 0 aliphatic rings. The summed E-state index contributed by atoms with van der Waals surface area (Å²) >= 11 is 6.09. The SMILES string of the molecule is Cc1cc(Cl)ccc1-n1c(C=Cc2cccc([N+](=O)[O-])c2)nc2ccccc2c1=O. The lowest BCUT2D eigenvalue weighted by Crippen LogP contribution is -2.23. The first-order chi connectivity index (χ1) is 14.4. The Morgan fingerprint density at radius 2 is 1.83 bits per heavy atom. The van der Waals surface area contributed by atoms with Gasteiger partial charge in [0.25, 0.3) is 11.2 Å². The third kappa shape index (κ3) is 3.73. The zero-order valence-corrected chi connectivity index (χ0v) is 16.7. The maximum Gasteiger partial charge on any atom is 0.270 e. The maximum absolute atomic E-state index is 13.3. The number of nitrogens with zero attached hydrogens (tertiary/aromatic N) is 3. The van der Waals surface area contributed by atoms with Crippen molar-refractivity contribution in [3.8, 4) is 5.69 Å². The summed E-state index contributed by atoms with van der Waals surface area (Å²) in [5.74, 6) is 0.413. The van der Waals surface area contributed by atoms with Crippen LogP contribution >= 0.6 is 11.6 Å². The Labute approximate surface area is 176 Å². The first-order valence-electron chi connectivity index (χ1n) is 9.15. The predicted molar refractivity (Wildman–Crippen MR) is 119 cm³/mol. The van der Waals surface area contributed by atoms with Crippen molar-refractivity contribution >= 4 is 40.3 Å². The molecule has 0 atom stereocenters. The van der Waals surface area contributed by atoms with Gasteiger partial charge in [0, 0.05) is 17.2 Å². The summed E-state index contributed by atoms with van der Waals surface area (Å²) in [6.45, 7) is 1.87. The van der Waals surface area contributed by atoms with Gasteiger partial charge < -0.3 is 0 Å². The number of para-hydroxylation sites is 1. The number of non-ortho nitro benzene ring substituents is 1. The Balaban J connectivity index is 1.93. The van der Waals surface area contributed by atoms with Crippen LogP contribution in [0, 0.1) is 17.0 Å². The van der Waals surface area contributed by atoms with Gasteiger partial charge in [-0.2, -0.15) is 0 Å². The predicted octanol–water partition coefficient (Wildman–Crippen LogP) is 5.43. The molecule has 0 fully saturated rings. The van der Waals surface area contributed by atoms with Crippen molar-refractivity contribution in [2.45, 2.75) is 6.92 Å². The van der Waals surface area contributed by atoms with Gasteiger partial charge in [-0.1, -0.05) is 41.9 Å². The molecule has 4 aromatic rings. The van der Waals surface area contributed by atoms with E-state index in [1.165, 1.54) is 16.7 Å². The van der Waals surface area contributed by atoms with Crippen LogP contribution in [0.1, 0.15) is 17.0 Å². The van der Waals surface area contributed by atoms with Crippen molar-refractivity contribution in [3.63, 3.8) is 0 Å². The zero-order chi connectivity index (χ0) is 21.3. The third-order valence-corrected chi connectivity index (χ3v) is 4.94. The van der Waals surface area contributed by atoms with Crippen molar-refractivity contribution in [2.24, 2.45) is 0 Å². The standard InChI is InChI=1S/C23H16ClN3O3/c1-15-13-17(24)10-11-21(15)26-22(25-20-8-3-2-7-19(20)23(26)28)12-9-16-5-4-6-18(14-16)27(29)30/h2-14H,1H3. The van der Waals surface area contributed by atoms with Crippen LogP contribution in [-0.2, 0) is 0 Å². The topological polar surface area (TPSA) is 78.0 Å². The molecule has 0 aliphatic carbocycles. The summed E-state index contributed by atoms with van der Waals surface area (Å²) in [7, 11) is 0. The summed E-state index contributed by atoms with van der Waals surface area (Å²) in [5, 5.41) is 12.1. The van der Waals surface area contributed by atoms with Crippen LogP contribution in [-0.4, -0.2) is 14.5 Å². The van der Waals surface area contributed by atoms with Crippen LogP contribution in [0.2, 0.25) is 5.02 Å². The molecule has 3 aromatic carbocycles. The Bertz CT molecular complexity index is 1380. The largest absolute Gasteiger partial charge is 0.270 e. The van der Waals surface area contributed by atoms with E-state index in [9.17, 15) is 14.9 Å². The molecule has 0 aliphatic heterocycles. The monoisotopic (exact) mass is 417 g/mol. The van der Waals surface area contributed by atoms with Crippen molar-refractivity contribution in [3.05, 3.63) is 109 Å². The van der Waals surface area contributed by atoms with E-state index >= 15 is 0 Å². The van der Waals surface area contributed by atoms with Crippen molar-refractivity contribution in [1.82, 2.24) is 9.55 Å². The smallest absolute Gasteiger partial charge is 0.268 e. The van der Waals surface area contributed by atoms with Gasteiger partial charge in [0.05, 0.1) is 21.5 Å². The number of hydrogen-bond acceptors (Lipinski definition) is 4. The summed E-state index contributed by atoms with van der Waals surface area (Å²) in [5.41, 5.74) is 2.49. The van der Waals surface area contributed by atoms with Crippen LogP contribution in [0.4, 0.5) is 5.69 Å². The fraction of sp³-hybridized carbons (Fsp3) is 0.0435. The third-order valence-electron chi connectivity index (χ3n) is 4.71. The van der Waals surface area contributed by atoms with Gasteiger partial charge in [0.1, 0.15) is 5.82 Å². The lowest BCUT2D eigenvalue weighted by Gasteiger charge is -2.14. The number of aromatic nitrogens is 2. The number of nitro benzene ring substituents is 1. The van der Waals surface area contributed by atoms with E-state index in [0.29, 0.717) is 33.0 Å². The average Bonchev–Trinajstić information content (AvgIpc) is 2.73. The highest BCUT2D eigenvalue weighted by Crippen LogP contribution is 2.22. The maximum atomic E-state index is 13.3. The number of nitro groups is 1. The number of hydrogen-bond donors (Lipinski definition) is 0. The number of aryl methyl sites for hydroxylation is 1. The van der Waals surface area contributed by atoms with E-state index in [0.717, 1.165) is 5.56 Å². The average molecular weight is 418 g/mol.